The number of aliphatic imine (C=N–C) groups is 1. The molecule has 0 aromatic carbocycles. The Kier molecular flexibility index (Phi) is 3.68. The minimum absolute atomic E-state index is 0.0820. The molecule has 2 aromatic rings. The zero-order valence-corrected chi connectivity index (χ0v) is 14.6. The van der Waals surface area contributed by atoms with Crippen molar-refractivity contribution in [2.75, 3.05) is 6.54 Å². The summed E-state index contributed by atoms with van der Waals surface area (Å²) in [5.74, 6) is 0. The maximum absolute atomic E-state index is 5.04. The Morgan fingerprint density at radius 3 is 2.83 bits per heavy atom. The van der Waals surface area contributed by atoms with E-state index < -0.39 is 0 Å². The molecular formula is C18H22N4S. The molecule has 3 atom stereocenters. The molecule has 4 nitrogen and oxygen atoms in total. The van der Waals surface area contributed by atoms with Gasteiger partial charge in [-0.05, 0) is 38.1 Å². The highest BCUT2D eigenvalue weighted by Crippen LogP contribution is 2.47. The summed E-state index contributed by atoms with van der Waals surface area (Å²) in [6, 6.07) is 11.3. The molecule has 0 unspecified atom stereocenters. The number of nitrogens with zero attached hydrogens (tertiary/aromatic N) is 4. The smallest absolute Gasteiger partial charge is 0.160 e. The minimum Gasteiger partial charge on any atom is -0.347 e. The van der Waals surface area contributed by atoms with Gasteiger partial charge >= 0.3 is 0 Å². The fourth-order valence-corrected chi connectivity index (χ4v) is 4.66. The predicted octanol–water partition coefficient (Wildman–Crippen LogP) is 4.05. The van der Waals surface area contributed by atoms with Crippen molar-refractivity contribution >= 4 is 16.9 Å². The van der Waals surface area contributed by atoms with Crippen LogP contribution in [0.15, 0.2) is 47.7 Å². The standard InChI is InChI=1S/C18H22N4S/c1-12(2)21-10-6-8-15(21)17-16(14-7-4-5-9-19-14)20-18-22(17)11-13(3)23-18/h4-10,12-13,16-17H,11H2,1-3H3/t13-,16-,17+/m0/s1. The van der Waals surface area contributed by atoms with Gasteiger partial charge in [-0.3, -0.25) is 9.98 Å². The highest BCUT2D eigenvalue weighted by molar-refractivity contribution is 8.14. The van der Waals surface area contributed by atoms with Crippen molar-refractivity contribution in [2.24, 2.45) is 4.99 Å². The lowest BCUT2D eigenvalue weighted by Gasteiger charge is -2.29. The summed E-state index contributed by atoms with van der Waals surface area (Å²) < 4.78 is 2.37. The summed E-state index contributed by atoms with van der Waals surface area (Å²) in [6.45, 7) is 7.80. The monoisotopic (exact) mass is 326 g/mol. The number of aromatic nitrogens is 2. The molecular weight excluding hydrogens is 304 g/mol. The number of pyridine rings is 1. The van der Waals surface area contributed by atoms with E-state index in [-0.39, 0.29) is 12.1 Å². The maximum atomic E-state index is 5.04. The molecule has 5 heteroatoms. The zero-order valence-electron chi connectivity index (χ0n) is 13.8. The van der Waals surface area contributed by atoms with E-state index in [1.165, 1.54) is 10.9 Å². The number of rotatable bonds is 3. The first-order valence-electron chi connectivity index (χ1n) is 8.24. The topological polar surface area (TPSA) is 33.4 Å². The summed E-state index contributed by atoms with van der Waals surface area (Å²) in [4.78, 5) is 12.1. The lowest BCUT2D eigenvalue weighted by Crippen LogP contribution is -2.30. The van der Waals surface area contributed by atoms with Crippen LogP contribution in [0.5, 0.6) is 0 Å². The van der Waals surface area contributed by atoms with Gasteiger partial charge in [0.25, 0.3) is 0 Å². The second-order valence-corrected chi connectivity index (χ2v) is 7.98. The van der Waals surface area contributed by atoms with E-state index in [0.717, 1.165) is 12.2 Å². The van der Waals surface area contributed by atoms with Crippen LogP contribution in [-0.4, -0.2) is 31.4 Å². The van der Waals surface area contributed by atoms with Crippen molar-refractivity contribution < 1.29 is 0 Å². The van der Waals surface area contributed by atoms with E-state index in [0.29, 0.717) is 11.3 Å². The quantitative estimate of drug-likeness (QED) is 0.853. The molecule has 2 aliphatic rings. The van der Waals surface area contributed by atoms with Gasteiger partial charge in [-0.25, -0.2) is 0 Å². The summed E-state index contributed by atoms with van der Waals surface area (Å²) in [5.41, 5.74) is 2.40. The van der Waals surface area contributed by atoms with Crippen molar-refractivity contribution in [3.05, 3.63) is 54.1 Å². The molecule has 4 rings (SSSR count). The molecule has 0 spiro atoms. The van der Waals surface area contributed by atoms with Crippen LogP contribution in [0, 0.1) is 0 Å². The average Bonchev–Trinajstić information content (AvgIpc) is 3.21. The molecule has 4 heterocycles. The fourth-order valence-electron chi connectivity index (χ4n) is 3.57. The van der Waals surface area contributed by atoms with Crippen LogP contribution in [0.1, 0.15) is 50.3 Å². The third-order valence-electron chi connectivity index (χ3n) is 4.55. The first kappa shape index (κ1) is 14.8. The molecule has 0 bridgehead atoms. The molecule has 0 radical (unpaired) electrons. The Hall–Kier alpha value is -1.75. The summed E-state index contributed by atoms with van der Waals surface area (Å²) in [5, 5.41) is 1.78. The van der Waals surface area contributed by atoms with Crippen molar-refractivity contribution in [1.82, 2.24) is 14.5 Å². The summed E-state index contributed by atoms with van der Waals surface area (Å²) in [7, 11) is 0. The van der Waals surface area contributed by atoms with Crippen molar-refractivity contribution in [3.63, 3.8) is 0 Å². The van der Waals surface area contributed by atoms with E-state index in [1.54, 1.807) is 0 Å². The van der Waals surface area contributed by atoms with E-state index in [9.17, 15) is 0 Å². The number of fused-ring (bicyclic) bond motifs is 1. The van der Waals surface area contributed by atoms with Gasteiger partial charge in [-0.1, -0.05) is 24.8 Å². The Balaban J connectivity index is 1.79. The minimum atomic E-state index is 0.0820. The molecule has 0 aliphatic carbocycles. The van der Waals surface area contributed by atoms with Gasteiger partial charge in [0, 0.05) is 35.9 Å². The van der Waals surface area contributed by atoms with Crippen molar-refractivity contribution in [1.29, 1.82) is 0 Å². The highest BCUT2D eigenvalue weighted by Gasteiger charge is 2.44. The van der Waals surface area contributed by atoms with Gasteiger partial charge in [0.15, 0.2) is 5.17 Å². The van der Waals surface area contributed by atoms with E-state index in [4.69, 9.17) is 4.99 Å². The van der Waals surface area contributed by atoms with Crippen molar-refractivity contribution in [2.45, 2.75) is 44.1 Å². The second kappa shape index (κ2) is 5.71. The molecule has 0 amide bonds. The van der Waals surface area contributed by atoms with Crippen LogP contribution in [0.4, 0.5) is 0 Å². The third kappa shape index (κ3) is 2.47. The van der Waals surface area contributed by atoms with Gasteiger partial charge in [-0.2, -0.15) is 0 Å². The van der Waals surface area contributed by atoms with Crippen LogP contribution in [0.25, 0.3) is 0 Å². The molecule has 2 aliphatic heterocycles. The largest absolute Gasteiger partial charge is 0.347 e. The average molecular weight is 326 g/mol. The van der Waals surface area contributed by atoms with E-state index >= 15 is 0 Å². The SMILES string of the molecule is CC(C)n1cccc1[C@@H]1[C@H](c2ccccn2)N=C2S[C@@H](C)CN21. The van der Waals surface area contributed by atoms with Gasteiger partial charge in [-0.15, -0.1) is 0 Å². The Labute approximate surface area is 141 Å². The van der Waals surface area contributed by atoms with Gasteiger partial charge in [0.1, 0.15) is 6.04 Å². The third-order valence-corrected chi connectivity index (χ3v) is 5.65. The van der Waals surface area contributed by atoms with Crippen molar-refractivity contribution in [3.8, 4) is 0 Å². The Morgan fingerprint density at radius 2 is 2.09 bits per heavy atom. The van der Waals surface area contributed by atoms with Crippen LogP contribution in [-0.2, 0) is 0 Å². The number of thioether (sulfide) groups is 1. The maximum Gasteiger partial charge on any atom is 0.160 e. The number of hydrogen-bond acceptors (Lipinski definition) is 4. The molecule has 2 aromatic heterocycles. The highest BCUT2D eigenvalue weighted by atomic mass is 32.2. The van der Waals surface area contributed by atoms with Gasteiger partial charge in [0.05, 0.1) is 11.7 Å². The van der Waals surface area contributed by atoms with Crippen LogP contribution in [0.2, 0.25) is 0 Å². The van der Waals surface area contributed by atoms with Crippen LogP contribution < -0.4 is 0 Å². The molecule has 0 saturated carbocycles. The van der Waals surface area contributed by atoms with Gasteiger partial charge < -0.3 is 9.47 Å². The first-order valence-corrected chi connectivity index (χ1v) is 9.12. The fraction of sp³-hybridized carbons (Fsp3) is 0.444. The predicted molar refractivity (Wildman–Crippen MR) is 95.7 cm³/mol. The number of amidine groups is 1. The van der Waals surface area contributed by atoms with Crippen LogP contribution in [0.3, 0.4) is 0 Å². The molecule has 0 N–H and O–H groups in total. The van der Waals surface area contributed by atoms with E-state index in [1.807, 2.05) is 24.0 Å². The molecule has 23 heavy (non-hydrogen) atoms. The Morgan fingerprint density at radius 1 is 1.22 bits per heavy atom. The second-order valence-electron chi connectivity index (χ2n) is 6.57. The Bertz CT molecular complexity index is 722. The number of hydrogen-bond donors (Lipinski definition) is 0. The lowest BCUT2D eigenvalue weighted by atomic mass is 10.0. The van der Waals surface area contributed by atoms with Gasteiger partial charge in [0.2, 0.25) is 0 Å². The lowest BCUT2D eigenvalue weighted by molar-refractivity contribution is 0.302. The van der Waals surface area contributed by atoms with Crippen LogP contribution >= 0.6 is 11.8 Å². The normalized spacial score (nSPS) is 26.7. The summed E-state index contributed by atoms with van der Waals surface area (Å²) in [6.07, 6.45) is 4.05. The molecule has 120 valence electrons. The summed E-state index contributed by atoms with van der Waals surface area (Å²) >= 11 is 1.89. The molecule has 1 fully saturated rings. The molecule has 1 saturated heterocycles. The first-order chi connectivity index (χ1) is 11.1. The van der Waals surface area contributed by atoms with E-state index in [2.05, 4.69) is 65.7 Å². The zero-order chi connectivity index (χ0) is 16.0.